The summed E-state index contributed by atoms with van der Waals surface area (Å²) >= 11 is 6.51. The van der Waals surface area contributed by atoms with Crippen LogP contribution in [0.25, 0.3) is 22.0 Å². The number of anilines is 1. The van der Waals surface area contributed by atoms with Crippen LogP contribution in [0.2, 0.25) is 5.02 Å². The second kappa shape index (κ2) is 6.38. The van der Waals surface area contributed by atoms with Gasteiger partial charge in [-0.2, -0.15) is 0 Å². The number of hydrogen-bond donors (Lipinski definition) is 1. The lowest BCUT2D eigenvalue weighted by Gasteiger charge is -2.34. The molecule has 0 saturated heterocycles. The van der Waals surface area contributed by atoms with Crippen LogP contribution in [0, 0.1) is 0 Å². The fraction of sp³-hybridized carbons (Fsp3) is 0.273. The summed E-state index contributed by atoms with van der Waals surface area (Å²) in [5.74, 6) is 0.681. The maximum atomic E-state index is 13.0. The molecule has 0 unspecified atom stereocenters. The Morgan fingerprint density at radius 2 is 1.96 bits per heavy atom. The van der Waals surface area contributed by atoms with Crippen LogP contribution in [0.1, 0.15) is 35.3 Å². The van der Waals surface area contributed by atoms with E-state index in [1.165, 1.54) is 6.42 Å². The predicted molar refractivity (Wildman–Crippen MR) is 111 cm³/mol. The molecule has 1 aliphatic carbocycles. The number of benzene rings is 2. The molecule has 3 aromatic rings. The smallest absolute Gasteiger partial charge is 0.258 e. The van der Waals surface area contributed by atoms with E-state index in [0.29, 0.717) is 34.6 Å². The number of rotatable bonds is 3. The monoisotopic (exact) mass is 393 g/mol. The second-order valence-electron chi connectivity index (χ2n) is 7.38. The molecule has 0 atom stereocenters. The van der Waals surface area contributed by atoms with Crippen LogP contribution in [0.15, 0.2) is 36.4 Å². The van der Waals surface area contributed by atoms with Gasteiger partial charge in [-0.25, -0.2) is 4.98 Å². The third kappa shape index (κ3) is 2.39. The Balaban J connectivity index is 1.74. The molecule has 142 valence electrons. The number of methoxy groups -OCH3 is 1. The summed E-state index contributed by atoms with van der Waals surface area (Å²) < 4.78 is 5.53. The molecule has 2 aliphatic rings. The molecular formula is C22H20ClN3O2. The minimum absolute atomic E-state index is 0.00678. The third-order valence-electron chi connectivity index (χ3n) is 5.91. The Morgan fingerprint density at radius 1 is 1.18 bits per heavy atom. The number of pyridine rings is 1. The van der Waals surface area contributed by atoms with Crippen molar-refractivity contribution in [1.29, 1.82) is 0 Å². The third-order valence-corrected chi connectivity index (χ3v) is 6.22. The van der Waals surface area contributed by atoms with E-state index in [1.54, 1.807) is 7.11 Å². The summed E-state index contributed by atoms with van der Waals surface area (Å²) in [6.07, 6.45) is 3.29. The topological polar surface area (TPSA) is 68.5 Å². The van der Waals surface area contributed by atoms with Crippen LogP contribution in [0.3, 0.4) is 0 Å². The van der Waals surface area contributed by atoms with Gasteiger partial charge in [0.05, 0.1) is 41.1 Å². The number of hydrogen-bond acceptors (Lipinski definition) is 4. The minimum atomic E-state index is 0.00678. The van der Waals surface area contributed by atoms with Gasteiger partial charge >= 0.3 is 0 Å². The zero-order valence-electron chi connectivity index (χ0n) is 15.5. The van der Waals surface area contributed by atoms with Crippen LogP contribution in [0.5, 0.6) is 5.75 Å². The Bertz CT molecular complexity index is 1120. The van der Waals surface area contributed by atoms with Crippen molar-refractivity contribution in [2.45, 2.75) is 31.8 Å². The highest BCUT2D eigenvalue weighted by atomic mass is 35.5. The van der Waals surface area contributed by atoms with Crippen molar-refractivity contribution in [3.63, 3.8) is 0 Å². The Hall–Kier alpha value is -2.79. The molecule has 2 heterocycles. The zero-order chi connectivity index (χ0) is 19.4. The van der Waals surface area contributed by atoms with Crippen LogP contribution in [0.4, 0.5) is 5.69 Å². The summed E-state index contributed by atoms with van der Waals surface area (Å²) in [6.45, 7) is 0.521. The SMILES string of the molecule is COc1cccc(Cl)c1-c1cccc2c(N)c3c(nc12)CN(C1CCC1)C3=O. The van der Waals surface area contributed by atoms with E-state index in [4.69, 9.17) is 27.1 Å². The van der Waals surface area contributed by atoms with Gasteiger partial charge in [0.2, 0.25) is 0 Å². The Labute approximate surface area is 168 Å². The number of amides is 1. The summed E-state index contributed by atoms with van der Waals surface area (Å²) in [5.41, 5.74) is 10.7. The first-order valence-electron chi connectivity index (χ1n) is 9.45. The van der Waals surface area contributed by atoms with Gasteiger partial charge in [-0.3, -0.25) is 4.79 Å². The molecular weight excluding hydrogens is 374 g/mol. The van der Waals surface area contributed by atoms with E-state index < -0.39 is 0 Å². The second-order valence-corrected chi connectivity index (χ2v) is 7.79. The van der Waals surface area contributed by atoms with E-state index in [1.807, 2.05) is 41.3 Å². The number of nitrogens with two attached hydrogens (primary N) is 1. The lowest BCUT2D eigenvalue weighted by Crippen LogP contribution is -2.40. The van der Waals surface area contributed by atoms with Crippen molar-refractivity contribution in [1.82, 2.24) is 9.88 Å². The summed E-state index contributed by atoms with van der Waals surface area (Å²) in [6, 6.07) is 11.6. The molecule has 1 saturated carbocycles. The highest BCUT2D eigenvalue weighted by Crippen LogP contribution is 2.43. The number of carbonyl (C=O) groups is 1. The van der Waals surface area contributed by atoms with Crippen LogP contribution < -0.4 is 10.5 Å². The standard InChI is InChI=1S/C22H20ClN3O2/c1-28-17-10-4-9-15(23)18(17)13-7-3-8-14-20(24)19-16(25-21(13)14)11-26(22(19)27)12-5-2-6-12/h3-4,7-10,12H,2,5-6,11H2,1H3,(H2,24,25). The van der Waals surface area contributed by atoms with Gasteiger partial charge in [-0.15, -0.1) is 0 Å². The van der Waals surface area contributed by atoms with E-state index >= 15 is 0 Å². The normalized spacial score (nSPS) is 16.4. The molecule has 5 nitrogen and oxygen atoms in total. The van der Waals surface area contributed by atoms with Crippen LogP contribution >= 0.6 is 11.6 Å². The predicted octanol–water partition coefficient (Wildman–Crippen LogP) is 4.65. The fourth-order valence-electron chi connectivity index (χ4n) is 4.22. The molecule has 1 aromatic heterocycles. The van der Waals surface area contributed by atoms with Crippen molar-refractivity contribution in [2.75, 3.05) is 12.8 Å². The molecule has 1 aliphatic heterocycles. The minimum Gasteiger partial charge on any atom is -0.496 e. The maximum absolute atomic E-state index is 13.0. The molecule has 0 spiro atoms. The van der Waals surface area contributed by atoms with Gasteiger partial charge in [0.1, 0.15) is 5.75 Å². The molecule has 0 bridgehead atoms. The molecule has 2 aromatic carbocycles. The zero-order valence-corrected chi connectivity index (χ0v) is 16.3. The Morgan fingerprint density at radius 3 is 2.68 bits per heavy atom. The average molecular weight is 394 g/mol. The number of nitrogens with zero attached hydrogens (tertiary/aromatic N) is 2. The molecule has 0 radical (unpaired) electrons. The number of fused-ring (bicyclic) bond motifs is 2. The summed E-state index contributed by atoms with van der Waals surface area (Å²) in [4.78, 5) is 19.8. The van der Waals surface area contributed by atoms with Gasteiger partial charge in [0, 0.05) is 22.6 Å². The molecule has 28 heavy (non-hydrogen) atoms. The highest BCUT2D eigenvalue weighted by molar-refractivity contribution is 6.34. The van der Waals surface area contributed by atoms with E-state index in [-0.39, 0.29) is 5.91 Å². The molecule has 6 heteroatoms. The van der Waals surface area contributed by atoms with Gasteiger partial charge < -0.3 is 15.4 Å². The van der Waals surface area contributed by atoms with E-state index in [0.717, 1.165) is 40.6 Å². The van der Waals surface area contributed by atoms with E-state index in [9.17, 15) is 4.79 Å². The maximum Gasteiger partial charge on any atom is 0.258 e. The van der Waals surface area contributed by atoms with Gasteiger partial charge in [-0.05, 0) is 31.4 Å². The highest BCUT2D eigenvalue weighted by Gasteiger charge is 2.38. The first-order valence-corrected chi connectivity index (χ1v) is 9.83. The number of para-hydroxylation sites is 1. The van der Waals surface area contributed by atoms with Gasteiger partial charge in [0.15, 0.2) is 0 Å². The largest absolute Gasteiger partial charge is 0.496 e. The van der Waals surface area contributed by atoms with Crippen molar-refractivity contribution in [2.24, 2.45) is 0 Å². The van der Waals surface area contributed by atoms with Crippen molar-refractivity contribution < 1.29 is 9.53 Å². The lowest BCUT2D eigenvalue weighted by molar-refractivity contribution is 0.0606. The molecule has 5 rings (SSSR count). The van der Waals surface area contributed by atoms with Crippen molar-refractivity contribution >= 4 is 34.1 Å². The van der Waals surface area contributed by atoms with Crippen LogP contribution in [-0.2, 0) is 6.54 Å². The Kier molecular flexibility index (Phi) is 3.95. The molecule has 1 fully saturated rings. The van der Waals surface area contributed by atoms with Crippen molar-refractivity contribution in [3.8, 4) is 16.9 Å². The number of carbonyl (C=O) groups excluding carboxylic acids is 1. The molecule has 2 N–H and O–H groups in total. The quantitative estimate of drug-likeness (QED) is 0.703. The first-order chi connectivity index (χ1) is 13.6. The van der Waals surface area contributed by atoms with Gasteiger partial charge in [0.25, 0.3) is 5.91 Å². The fourth-order valence-corrected chi connectivity index (χ4v) is 4.49. The average Bonchev–Trinajstić information content (AvgIpc) is 2.96. The van der Waals surface area contributed by atoms with Crippen LogP contribution in [-0.4, -0.2) is 28.9 Å². The molecule has 1 amide bonds. The number of aromatic nitrogens is 1. The summed E-state index contributed by atoms with van der Waals surface area (Å²) in [7, 11) is 1.62. The van der Waals surface area contributed by atoms with Gasteiger partial charge in [-0.1, -0.05) is 35.9 Å². The number of halogens is 1. The number of nitrogen functional groups attached to an aromatic ring is 1. The lowest BCUT2D eigenvalue weighted by atomic mass is 9.92. The van der Waals surface area contributed by atoms with Crippen molar-refractivity contribution in [3.05, 3.63) is 52.7 Å². The van der Waals surface area contributed by atoms with E-state index in [2.05, 4.69) is 0 Å². The first kappa shape index (κ1) is 17.3. The number of ether oxygens (including phenoxy) is 1. The summed E-state index contributed by atoms with van der Waals surface area (Å²) in [5, 5.41) is 1.35.